The Kier molecular flexibility index (Phi) is 3.38. The van der Waals surface area contributed by atoms with Crippen LogP contribution >= 0.6 is 0 Å². The molecule has 2 N–H and O–H groups in total. The third-order valence-electron chi connectivity index (χ3n) is 3.80. The standard InChI is InChI=1S/C12H19NO4/c1-2-3-4-9(14)11(15)13-6-7-5-8(7)10(13)12(16)17/h7-10,14H,2-6H2,1H3,(H,16,17)/t7-,8-,9?,10+/m1/s1. The molecule has 1 heterocycles. The summed E-state index contributed by atoms with van der Waals surface area (Å²) in [7, 11) is 0. The van der Waals surface area contributed by atoms with Gasteiger partial charge in [-0.15, -0.1) is 0 Å². The molecule has 0 bridgehead atoms. The molecule has 1 saturated carbocycles. The summed E-state index contributed by atoms with van der Waals surface area (Å²) in [6.45, 7) is 2.49. The van der Waals surface area contributed by atoms with Crippen molar-refractivity contribution in [3.05, 3.63) is 0 Å². The number of carboxylic acids is 1. The van der Waals surface area contributed by atoms with E-state index in [0.29, 0.717) is 18.9 Å². The number of aliphatic carboxylic acids is 1. The van der Waals surface area contributed by atoms with E-state index < -0.39 is 24.0 Å². The van der Waals surface area contributed by atoms with Crippen molar-refractivity contribution >= 4 is 11.9 Å². The highest BCUT2D eigenvalue weighted by molar-refractivity contribution is 5.87. The van der Waals surface area contributed by atoms with Gasteiger partial charge in [-0.25, -0.2) is 4.79 Å². The van der Waals surface area contributed by atoms with Gasteiger partial charge in [-0.1, -0.05) is 19.8 Å². The fourth-order valence-corrected chi connectivity index (χ4v) is 2.72. The molecule has 2 fully saturated rings. The molecular weight excluding hydrogens is 222 g/mol. The van der Waals surface area contributed by atoms with Crippen LogP contribution in [0.2, 0.25) is 0 Å². The molecule has 2 rings (SSSR count). The molecule has 1 aliphatic heterocycles. The molecule has 2 aliphatic rings. The summed E-state index contributed by atoms with van der Waals surface area (Å²) in [6, 6.07) is -0.705. The Morgan fingerprint density at radius 3 is 2.76 bits per heavy atom. The van der Waals surface area contributed by atoms with Gasteiger partial charge in [-0.2, -0.15) is 0 Å². The smallest absolute Gasteiger partial charge is 0.326 e. The minimum absolute atomic E-state index is 0.120. The molecule has 5 heteroatoms. The Bertz CT molecular complexity index is 330. The van der Waals surface area contributed by atoms with Crippen molar-refractivity contribution in [1.82, 2.24) is 4.90 Å². The van der Waals surface area contributed by atoms with Crippen LogP contribution in [0.25, 0.3) is 0 Å². The Morgan fingerprint density at radius 2 is 2.18 bits per heavy atom. The van der Waals surface area contributed by atoms with Crippen LogP contribution < -0.4 is 0 Å². The first-order valence-corrected chi connectivity index (χ1v) is 6.27. The SMILES string of the molecule is CCCCC(O)C(=O)N1C[C@H]2C[C@H]2[C@H]1C(=O)O. The number of piperidine rings is 1. The second-order valence-electron chi connectivity index (χ2n) is 5.09. The number of carboxylic acid groups (broad SMARTS) is 1. The van der Waals surface area contributed by atoms with Gasteiger partial charge in [-0.3, -0.25) is 4.79 Å². The maximum atomic E-state index is 11.9. The van der Waals surface area contributed by atoms with E-state index in [9.17, 15) is 14.7 Å². The number of carbonyl (C=O) groups excluding carboxylic acids is 1. The van der Waals surface area contributed by atoms with Crippen LogP contribution in [0.3, 0.4) is 0 Å². The number of hydrogen-bond donors (Lipinski definition) is 2. The van der Waals surface area contributed by atoms with Gasteiger partial charge in [-0.05, 0) is 24.7 Å². The minimum atomic E-state index is -1.03. The van der Waals surface area contributed by atoms with Gasteiger partial charge in [0.05, 0.1) is 0 Å². The van der Waals surface area contributed by atoms with E-state index in [2.05, 4.69) is 0 Å². The van der Waals surface area contributed by atoms with E-state index >= 15 is 0 Å². The predicted molar refractivity (Wildman–Crippen MR) is 60.3 cm³/mol. The summed E-state index contributed by atoms with van der Waals surface area (Å²) >= 11 is 0. The van der Waals surface area contributed by atoms with Crippen LogP contribution in [-0.4, -0.2) is 45.7 Å². The van der Waals surface area contributed by atoms with E-state index in [1.807, 2.05) is 6.92 Å². The topological polar surface area (TPSA) is 77.8 Å². The molecule has 0 aromatic rings. The normalized spacial score (nSPS) is 32.1. The van der Waals surface area contributed by atoms with E-state index in [1.54, 1.807) is 0 Å². The summed E-state index contributed by atoms with van der Waals surface area (Å²) in [6.07, 6.45) is 2.00. The second kappa shape index (κ2) is 4.64. The lowest BCUT2D eigenvalue weighted by atomic mass is 10.1. The van der Waals surface area contributed by atoms with E-state index in [0.717, 1.165) is 19.3 Å². The highest BCUT2D eigenvalue weighted by Gasteiger charge is 2.57. The van der Waals surface area contributed by atoms with Gasteiger partial charge in [0.2, 0.25) is 0 Å². The van der Waals surface area contributed by atoms with Crippen molar-refractivity contribution in [2.24, 2.45) is 11.8 Å². The molecular formula is C12H19NO4. The van der Waals surface area contributed by atoms with Crippen molar-refractivity contribution in [3.63, 3.8) is 0 Å². The fraction of sp³-hybridized carbons (Fsp3) is 0.833. The zero-order chi connectivity index (χ0) is 12.6. The molecule has 0 radical (unpaired) electrons. The lowest BCUT2D eigenvalue weighted by molar-refractivity contribution is -0.153. The summed E-state index contributed by atoms with van der Waals surface area (Å²) < 4.78 is 0. The number of hydrogen-bond acceptors (Lipinski definition) is 3. The van der Waals surface area contributed by atoms with Gasteiger partial charge in [0.15, 0.2) is 0 Å². The Labute approximate surface area is 100 Å². The molecule has 1 amide bonds. The van der Waals surface area contributed by atoms with E-state index in [4.69, 9.17) is 5.11 Å². The van der Waals surface area contributed by atoms with Gasteiger partial charge < -0.3 is 15.1 Å². The van der Waals surface area contributed by atoms with Crippen molar-refractivity contribution in [2.45, 2.75) is 44.8 Å². The van der Waals surface area contributed by atoms with Crippen molar-refractivity contribution in [2.75, 3.05) is 6.54 Å². The number of carbonyl (C=O) groups is 2. The zero-order valence-electron chi connectivity index (χ0n) is 10.0. The number of rotatable bonds is 5. The first-order chi connectivity index (χ1) is 8.06. The van der Waals surface area contributed by atoms with Crippen LogP contribution in [0.4, 0.5) is 0 Å². The Hall–Kier alpha value is -1.10. The minimum Gasteiger partial charge on any atom is -0.480 e. The number of unbranched alkanes of at least 4 members (excludes halogenated alkanes) is 1. The average molecular weight is 241 g/mol. The summed E-state index contributed by atoms with van der Waals surface area (Å²) in [5, 5.41) is 18.8. The largest absolute Gasteiger partial charge is 0.480 e. The highest BCUT2D eigenvalue weighted by atomic mass is 16.4. The number of aliphatic hydroxyl groups excluding tert-OH is 1. The lowest BCUT2D eigenvalue weighted by Crippen LogP contribution is -2.47. The summed E-state index contributed by atoms with van der Waals surface area (Å²) in [4.78, 5) is 24.4. The fourth-order valence-electron chi connectivity index (χ4n) is 2.72. The second-order valence-corrected chi connectivity index (χ2v) is 5.09. The van der Waals surface area contributed by atoms with Gasteiger partial charge in [0.1, 0.15) is 12.1 Å². The van der Waals surface area contributed by atoms with Crippen LogP contribution in [0.1, 0.15) is 32.6 Å². The van der Waals surface area contributed by atoms with Crippen molar-refractivity contribution in [1.29, 1.82) is 0 Å². The summed E-state index contributed by atoms with van der Waals surface area (Å²) in [5.41, 5.74) is 0. The number of nitrogens with zero attached hydrogens (tertiary/aromatic N) is 1. The van der Waals surface area contributed by atoms with Crippen molar-refractivity contribution < 1.29 is 19.8 Å². The first-order valence-electron chi connectivity index (χ1n) is 6.27. The highest BCUT2D eigenvalue weighted by Crippen LogP contribution is 2.49. The quantitative estimate of drug-likeness (QED) is 0.733. The average Bonchev–Trinajstić information content (AvgIpc) is 2.95. The number of aliphatic hydroxyl groups is 1. The zero-order valence-corrected chi connectivity index (χ0v) is 10.0. The maximum Gasteiger partial charge on any atom is 0.326 e. The van der Waals surface area contributed by atoms with Crippen molar-refractivity contribution in [3.8, 4) is 0 Å². The van der Waals surface area contributed by atoms with E-state index in [1.165, 1.54) is 4.90 Å². The number of fused-ring (bicyclic) bond motifs is 1. The molecule has 1 saturated heterocycles. The molecule has 4 atom stereocenters. The summed E-state index contributed by atoms with van der Waals surface area (Å²) in [5.74, 6) is -0.877. The van der Waals surface area contributed by atoms with Crippen LogP contribution in [0.15, 0.2) is 0 Å². The van der Waals surface area contributed by atoms with E-state index in [-0.39, 0.29) is 5.92 Å². The number of amides is 1. The van der Waals surface area contributed by atoms with Crippen LogP contribution in [0, 0.1) is 11.8 Å². The first kappa shape index (κ1) is 12.4. The Balaban J connectivity index is 1.97. The van der Waals surface area contributed by atoms with Crippen LogP contribution in [0.5, 0.6) is 0 Å². The third kappa shape index (κ3) is 2.29. The number of likely N-dealkylation sites (tertiary alicyclic amines) is 1. The molecule has 1 aliphatic carbocycles. The lowest BCUT2D eigenvalue weighted by Gasteiger charge is -2.26. The molecule has 0 aromatic carbocycles. The molecule has 0 spiro atoms. The molecule has 0 aromatic heterocycles. The predicted octanol–water partition coefficient (Wildman–Crippen LogP) is 0.469. The van der Waals surface area contributed by atoms with Gasteiger partial charge in [0.25, 0.3) is 5.91 Å². The third-order valence-corrected chi connectivity index (χ3v) is 3.80. The molecule has 17 heavy (non-hydrogen) atoms. The van der Waals surface area contributed by atoms with Crippen LogP contribution in [-0.2, 0) is 9.59 Å². The Morgan fingerprint density at radius 1 is 1.47 bits per heavy atom. The molecule has 1 unspecified atom stereocenters. The van der Waals surface area contributed by atoms with Gasteiger partial charge >= 0.3 is 5.97 Å². The molecule has 96 valence electrons. The monoisotopic (exact) mass is 241 g/mol. The maximum absolute atomic E-state index is 11.9. The van der Waals surface area contributed by atoms with Gasteiger partial charge in [0, 0.05) is 6.54 Å². The molecule has 5 nitrogen and oxygen atoms in total.